The van der Waals surface area contributed by atoms with Gasteiger partial charge in [-0.3, -0.25) is 0 Å². The number of ether oxygens (including phenoxy) is 1. The van der Waals surface area contributed by atoms with E-state index in [0.717, 1.165) is 12.1 Å². The molecule has 2 rings (SSSR count). The Morgan fingerprint density at radius 3 is 2.50 bits per heavy atom. The fourth-order valence-electron chi connectivity index (χ4n) is 1.67. The van der Waals surface area contributed by atoms with Crippen LogP contribution in [0.15, 0.2) is 36.4 Å². The molecule has 0 fully saturated rings. The number of halogens is 4. The Morgan fingerprint density at radius 2 is 1.85 bits per heavy atom. The van der Waals surface area contributed by atoms with Gasteiger partial charge in [0.25, 0.3) is 0 Å². The maximum atomic E-state index is 13.3. The smallest absolute Gasteiger partial charge is 0.405 e. The zero-order valence-electron chi connectivity index (χ0n) is 9.99. The van der Waals surface area contributed by atoms with Gasteiger partial charge in [-0.05, 0) is 29.8 Å². The van der Waals surface area contributed by atoms with Crippen LogP contribution in [-0.4, -0.2) is 16.5 Å². The standard InChI is InChI=1S/C13H9F4NO2/c14-12-6-8(7-19)5-10(18-12)9-3-1-2-4-11(9)20-13(15,16)17/h1-6,19H,7H2. The molecule has 2 aromatic rings. The Bertz CT molecular complexity index is 614. The van der Waals surface area contributed by atoms with Gasteiger partial charge < -0.3 is 9.84 Å². The van der Waals surface area contributed by atoms with Gasteiger partial charge in [0.05, 0.1) is 12.3 Å². The monoisotopic (exact) mass is 287 g/mol. The van der Waals surface area contributed by atoms with E-state index in [1.54, 1.807) is 0 Å². The van der Waals surface area contributed by atoms with Crippen LogP contribution < -0.4 is 4.74 Å². The number of alkyl halides is 3. The Balaban J connectivity index is 2.50. The van der Waals surface area contributed by atoms with Gasteiger partial charge in [-0.25, -0.2) is 4.98 Å². The molecule has 0 aliphatic rings. The van der Waals surface area contributed by atoms with Crippen LogP contribution >= 0.6 is 0 Å². The predicted molar refractivity (Wildman–Crippen MR) is 62.2 cm³/mol. The summed E-state index contributed by atoms with van der Waals surface area (Å²) >= 11 is 0. The summed E-state index contributed by atoms with van der Waals surface area (Å²) in [5.74, 6) is -1.38. The number of hydrogen-bond acceptors (Lipinski definition) is 3. The van der Waals surface area contributed by atoms with Crippen molar-refractivity contribution in [3.05, 3.63) is 47.9 Å². The molecule has 0 saturated heterocycles. The molecule has 1 heterocycles. The number of pyridine rings is 1. The lowest BCUT2D eigenvalue weighted by atomic mass is 10.1. The van der Waals surface area contributed by atoms with E-state index >= 15 is 0 Å². The van der Waals surface area contributed by atoms with Crippen molar-refractivity contribution in [2.75, 3.05) is 0 Å². The van der Waals surface area contributed by atoms with E-state index in [9.17, 15) is 17.6 Å². The maximum absolute atomic E-state index is 13.3. The average Bonchev–Trinajstić information content (AvgIpc) is 2.36. The van der Waals surface area contributed by atoms with Crippen LogP contribution in [0.3, 0.4) is 0 Å². The largest absolute Gasteiger partial charge is 0.573 e. The highest BCUT2D eigenvalue weighted by atomic mass is 19.4. The Hall–Kier alpha value is -2.15. The number of aliphatic hydroxyl groups is 1. The van der Waals surface area contributed by atoms with Gasteiger partial charge in [-0.15, -0.1) is 13.2 Å². The second-order valence-corrected chi connectivity index (χ2v) is 3.89. The van der Waals surface area contributed by atoms with Crippen molar-refractivity contribution in [2.24, 2.45) is 0 Å². The molecule has 106 valence electrons. The highest BCUT2D eigenvalue weighted by Crippen LogP contribution is 2.33. The zero-order valence-corrected chi connectivity index (χ0v) is 9.99. The molecule has 0 bridgehead atoms. The normalized spacial score (nSPS) is 11.4. The molecule has 0 amide bonds. The summed E-state index contributed by atoms with van der Waals surface area (Å²) in [5, 5.41) is 8.98. The van der Waals surface area contributed by atoms with E-state index in [1.807, 2.05) is 0 Å². The molecule has 0 saturated carbocycles. The molecule has 0 radical (unpaired) electrons. The summed E-state index contributed by atoms with van der Waals surface area (Å²) in [5.41, 5.74) is 0.141. The molecule has 20 heavy (non-hydrogen) atoms. The number of para-hydroxylation sites is 1. The minimum atomic E-state index is -4.86. The van der Waals surface area contributed by atoms with E-state index in [-0.39, 0.29) is 16.8 Å². The van der Waals surface area contributed by atoms with Crippen molar-refractivity contribution in [3.63, 3.8) is 0 Å². The zero-order chi connectivity index (χ0) is 14.8. The van der Waals surface area contributed by atoms with Gasteiger partial charge in [0, 0.05) is 5.56 Å². The molecule has 1 N–H and O–H groups in total. The molecule has 0 atom stereocenters. The van der Waals surface area contributed by atoms with E-state index in [2.05, 4.69) is 9.72 Å². The quantitative estimate of drug-likeness (QED) is 0.696. The minimum Gasteiger partial charge on any atom is -0.405 e. The van der Waals surface area contributed by atoms with E-state index in [4.69, 9.17) is 5.11 Å². The van der Waals surface area contributed by atoms with E-state index < -0.39 is 24.7 Å². The second-order valence-electron chi connectivity index (χ2n) is 3.89. The number of hydrogen-bond donors (Lipinski definition) is 1. The van der Waals surface area contributed by atoms with Crippen molar-refractivity contribution in [1.82, 2.24) is 4.98 Å². The molecule has 0 spiro atoms. The topological polar surface area (TPSA) is 42.4 Å². The highest BCUT2D eigenvalue weighted by Gasteiger charge is 2.32. The third kappa shape index (κ3) is 3.45. The summed E-state index contributed by atoms with van der Waals surface area (Å²) < 4.78 is 54.1. The lowest BCUT2D eigenvalue weighted by Crippen LogP contribution is -2.17. The van der Waals surface area contributed by atoms with Crippen LogP contribution in [0.4, 0.5) is 17.6 Å². The summed E-state index contributed by atoms with van der Waals surface area (Å²) in [4.78, 5) is 3.52. The van der Waals surface area contributed by atoms with Gasteiger partial charge >= 0.3 is 6.36 Å². The summed E-state index contributed by atoms with van der Waals surface area (Å²) in [6.07, 6.45) is -4.86. The number of aliphatic hydroxyl groups excluding tert-OH is 1. The fourth-order valence-corrected chi connectivity index (χ4v) is 1.67. The van der Waals surface area contributed by atoms with E-state index in [1.165, 1.54) is 24.3 Å². The highest BCUT2D eigenvalue weighted by molar-refractivity contribution is 5.67. The van der Waals surface area contributed by atoms with Gasteiger partial charge in [0.1, 0.15) is 5.75 Å². The second kappa shape index (κ2) is 5.46. The van der Waals surface area contributed by atoms with Gasteiger partial charge in [0.2, 0.25) is 5.95 Å². The van der Waals surface area contributed by atoms with Crippen molar-refractivity contribution < 1.29 is 27.4 Å². The first-order chi connectivity index (χ1) is 9.39. The van der Waals surface area contributed by atoms with Gasteiger partial charge in [-0.2, -0.15) is 4.39 Å². The lowest BCUT2D eigenvalue weighted by Gasteiger charge is -2.13. The molecule has 7 heteroatoms. The molecular weight excluding hydrogens is 278 g/mol. The minimum absolute atomic E-state index is 0.0148. The van der Waals surface area contributed by atoms with Crippen LogP contribution in [0.2, 0.25) is 0 Å². The summed E-state index contributed by atoms with van der Waals surface area (Å²) in [6.45, 7) is -0.450. The number of rotatable bonds is 3. The van der Waals surface area contributed by atoms with E-state index in [0.29, 0.717) is 0 Å². The fraction of sp³-hybridized carbons (Fsp3) is 0.154. The first-order valence-corrected chi connectivity index (χ1v) is 5.51. The first kappa shape index (κ1) is 14.3. The lowest BCUT2D eigenvalue weighted by molar-refractivity contribution is -0.274. The van der Waals surface area contributed by atoms with Crippen LogP contribution in [-0.2, 0) is 6.61 Å². The third-order valence-corrected chi connectivity index (χ3v) is 2.43. The molecular formula is C13H9F4NO2. The SMILES string of the molecule is OCc1cc(F)nc(-c2ccccc2OC(F)(F)F)c1. The number of aromatic nitrogens is 1. The van der Waals surface area contributed by atoms with Crippen LogP contribution in [0, 0.1) is 5.95 Å². The molecule has 1 aromatic carbocycles. The Labute approximate surface area is 111 Å². The average molecular weight is 287 g/mol. The Morgan fingerprint density at radius 1 is 1.15 bits per heavy atom. The molecule has 0 aliphatic carbocycles. The maximum Gasteiger partial charge on any atom is 0.573 e. The van der Waals surface area contributed by atoms with Crippen LogP contribution in [0.1, 0.15) is 5.56 Å². The first-order valence-electron chi connectivity index (χ1n) is 5.51. The number of nitrogens with zero attached hydrogens (tertiary/aromatic N) is 1. The predicted octanol–water partition coefficient (Wildman–Crippen LogP) is 3.28. The molecule has 0 unspecified atom stereocenters. The third-order valence-electron chi connectivity index (χ3n) is 2.43. The van der Waals surface area contributed by atoms with Crippen molar-refractivity contribution in [3.8, 4) is 17.0 Å². The van der Waals surface area contributed by atoms with Crippen LogP contribution in [0.5, 0.6) is 5.75 Å². The van der Waals surface area contributed by atoms with Crippen LogP contribution in [0.25, 0.3) is 11.3 Å². The summed E-state index contributed by atoms with van der Waals surface area (Å²) in [6, 6.07) is 7.55. The van der Waals surface area contributed by atoms with Crippen molar-refractivity contribution >= 4 is 0 Å². The van der Waals surface area contributed by atoms with Crippen molar-refractivity contribution in [2.45, 2.75) is 13.0 Å². The molecule has 0 aliphatic heterocycles. The van der Waals surface area contributed by atoms with Gasteiger partial charge in [0.15, 0.2) is 0 Å². The van der Waals surface area contributed by atoms with Crippen molar-refractivity contribution in [1.29, 1.82) is 0 Å². The molecule has 3 nitrogen and oxygen atoms in total. The summed E-state index contributed by atoms with van der Waals surface area (Å²) in [7, 11) is 0. The number of benzene rings is 1. The van der Waals surface area contributed by atoms with Gasteiger partial charge in [-0.1, -0.05) is 12.1 Å². The molecule has 1 aromatic heterocycles. The Kier molecular flexibility index (Phi) is 3.89.